The number of ether oxygens (including phenoxy) is 5. The molecule has 12 nitrogen and oxygen atoms in total. The molecule has 0 unspecified atom stereocenters. The van der Waals surface area contributed by atoms with E-state index in [2.05, 4.69) is 19.8 Å². The molecule has 1 N–H and O–H groups in total. The van der Waals surface area contributed by atoms with Gasteiger partial charge in [-0.3, -0.25) is 4.79 Å². The molecule has 3 aromatic rings. The van der Waals surface area contributed by atoms with Gasteiger partial charge in [-0.25, -0.2) is 18.1 Å². The number of nitrogens with zero attached hydrogens (tertiary/aromatic N) is 4. The molecule has 208 valence electrons. The first-order valence-electron chi connectivity index (χ1n) is 12.5. The minimum absolute atomic E-state index is 0.187. The monoisotopic (exact) mass is 561 g/mol. The highest BCUT2D eigenvalue weighted by Crippen LogP contribution is 2.36. The van der Waals surface area contributed by atoms with Crippen molar-refractivity contribution in [3.05, 3.63) is 47.7 Å². The maximum atomic E-state index is 14.3. The average molecular weight is 562 g/mol. The molecule has 1 amide bonds. The molecule has 3 aliphatic rings. The maximum absolute atomic E-state index is 14.3. The molecule has 6 rings (SSSR count). The molecule has 0 aliphatic carbocycles. The van der Waals surface area contributed by atoms with Crippen molar-refractivity contribution >= 4 is 32.7 Å². The molecule has 14 heteroatoms. The summed E-state index contributed by atoms with van der Waals surface area (Å²) in [4.78, 5) is 17.4. The van der Waals surface area contributed by atoms with Gasteiger partial charge in [0.2, 0.25) is 0 Å². The van der Waals surface area contributed by atoms with E-state index in [-0.39, 0.29) is 47.7 Å². The molecule has 2 aromatic heterocycles. The van der Waals surface area contributed by atoms with Crippen LogP contribution in [0.15, 0.2) is 35.1 Å². The smallest absolute Gasteiger partial charge is 0.287 e. The van der Waals surface area contributed by atoms with Crippen LogP contribution in [0.1, 0.15) is 15.9 Å². The number of fused-ring (bicyclic) bond motifs is 2. The molecule has 3 fully saturated rings. The number of rotatable bonds is 6. The largest absolute Gasteiger partial charge is 0.483 e. The average Bonchev–Trinajstić information content (AvgIpc) is 3.60. The molecule has 0 bridgehead atoms. The lowest BCUT2D eigenvalue weighted by atomic mass is 10.1. The molecule has 0 saturated carbocycles. The number of benzene rings is 1. The van der Waals surface area contributed by atoms with Crippen molar-refractivity contribution in [1.82, 2.24) is 14.6 Å². The van der Waals surface area contributed by atoms with Crippen LogP contribution in [0.4, 0.5) is 15.9 Å². The molecule has 0 radical (unpaired) electrons. The lowest BCUT2D eigenvalue weighted by Crippen LogP contribution is -2.35. The van der Waals surface area contributed by atoms with E-state index in [0.717, 1.165) is 0 Å². The number of carbonyl (C=O) groups excluding carboxylic acids is 1. The number of hydrogen-bond acceptors (Lipinski definition) is 10. The molecule has 39 heavy (non-hydrogen) atoms. The summed E-state index contributed by atoms with van der Waals surface area (Å²) >= 11 is 0. The zero-order valence-electron chi connectivity index (χ0n) is 21.4. The molecule has 1 aromatic carbocycles. The standard InChI is InChI=1S/C25H28FN5O7S/c1-14-16(25(32)30-39(33)7-5-35-6-8-39)10-31-21(14)24(27-13-28-31)29-17-4-3-15(26)9-18(17)38-20-12-37-22-19(34-2)11-36-23(20)22/h3-4,9-10,13,19-20,22-23H,5-8,11-12H2,1-2H3,(H,27,28,29)/t19-,20-,22-,23-/m1/s1. The molecule has 4 atom stereocenters. The fourth-order valence-corrected chi connectivity index (χ4v) is 6.61. The summed E-state index contributed by atoms with van der Waals surface area (Å²) in [6.45, 7) is 3.02. The summed E-state index contributed by atoms with van der Waals surface area (Å²) in [5.74, 6) is -0.00568. The first-order chi connectivity index (χ1) is 18.8. The number of carbonyl (C=O) groups is 1. The Bertz CT molecular complexity index is 1530. The van der Waals surface area contributed by atoms with Crippen LogP contribution >= 0.6 is 0 Å². The summed E-state index contributed by atoms with van der Waals surface area (Å²) in [7, 11) is -1.07. The number of methoxy groups -OCH3 is 1. The Kier molecular flexibility index (Phi) is 6.97. The van der Waals surface area contributed by atoms with Crippen molar-refractivity contribution < 1.29 is 37.1 Å². The molecular weight excluding hydrogens is 533 g/mol. The number of nitrogens with one attached hydrogen (secondary N) is 1. The fraction of sp³-hybridized carbons (Fsp3) is 0.480. The van der Waals surface area contributed by atoms with Gasteiger partial charge in [-0.2, -0.15) is 9.46 Å². The first kappa shape index (κ1) is 26.1. The van der Waals surface area contributed by atoms with Gasteiger partial charge < -0.3 is 29.0 Å². The predicted octanol–water partition coefficient (Wildman–Crippen LogP) is 2.12. The van der Waals surface area contributed by atoms with E-state index in [9.17, 15) is 13.4 Å². The quantitative estimate of drug-likeness (QED) is 0.477. The van der Waals surface area contributed by atoms with Crippen LogP contribution in [0.2, 0.25) is 0 Å². The number of amides is 1. The second-order valence-corrected chi connectivity index (χ2v) is 12.1. The number of halogens is 1. The minimum atomic E-state index is -2.67. The van der Waals surface area contributed by atoms with Crippen molar-refractivity contribution in [2.75, 3.05) is 50.4 Å². The Morgan fingerprint density at radius 2 is 1.95 bits per heavy atom. The third-order valence-electron chi connectivity index (χ3n) is 7.14. The normalized spacial score (nSPS) is 25.9. The van der Waals surface area contributed by atoms with Gasteiger partial charge in [0, 0.05) is 19.4 Å². The Morgan fingerprint density at radius 1 is 1.21 bits per heavy atom. The second kappa shape index (κ2) is 10.4. The topological polar surface area (TPSA) is 135 Å². The van der Waals surface area contributed by atoms with E-state index < -0.39 is 27.6 Å². The zero-order chi connectivity index (χ0) is 27.1. The van der Waals surface area contributed by atoms with Crippen LogP contribution in [0.25, 0.3) is 5.52 Å². The lowest BCUT2D eigenvalue weighted by Gasteiger charge is -2.20. The Balaban J connectivity index is 1.29. The van der Waals surface area contributed by atoms with Crippen molar-refractivity contribution in [2.45, 2.75) is 31.3 Å². The van der Waals surface area contributed by atoms with Gasteiger partial charge in [-0.15, -0.1) is 0 Å². The van der Waals surface area contributed by atoms with Crippen LogP contribution in [0.5, 0.6) is 5.75 Å². The summed E-state index contributed by atoms with van der Waals surface area (Å²) in [6.07, 6.45) is 1.61. The summed E-state index contributed by atoms with van der Waals surface area (Å²) < 4.78 is 61.3. The molecule has 5 heterocycles. The SMILES string of the molecule is CO[C@@H]1CO[C@H]2[C@@H]1OC[C@H]2Oc1cc(F)ccc1Nc1ncnn2cc(C(=O)N=S3(=O)CCOCC3)c(C)c12. The Hall–Kier alpha value is -3.17. The Morgan fingerprint density at radius 3 is 2.72 bits per heavy atom. The maximum Gasteiger partial charge on any atom is 0.287 e. The second-order valence-electron chi connectivity index (χ2n) is 9.55. The molecule has 3 aliphatic heterocycles. The van der Waals surface area contributed by atoms with Gasteiger partial charge in [0.25, 0.3) is 5.91 Å². The van der Waals surface area contributed by atoms with Crippen LogP contribution in [-0.4, -0.2) is 94.2 Å². The number of aromatic nitrogens is 3. The van der Waals surface area contributed by atoms with Crippen molar-refractivity contribution in [1.29, 1.82) is 0 Å². The van der Waals surface area contributed by atoms with Crippen molar-refractivity contribution in [3.63, 3.8) is 0 Å². The summed E-state index contributed by atoms with van der Waals surface area (Å²) in [5.41, 5.74) is 1.79. The molecule has 0 spiro atoms. The van der Waals surface area contributed by atoms with Crippen molar-refractivity contribution in [3.8, 4) is 5.75 Å². The van der Waals surface area contributed by atoms with E-state index in [1.165, 1.54) is 29.2 Å². The molecular formula is C25H28FN5O7S. The van der Waals surface area contributed by atoms with Gasteiger partial charge in [-0.1, -0.05) is 0 Å². The summed E-state index contributed by atoms with van der Waals surface area (Å²) in [5, 5.41) is 7.42. The number of aryl methyl sites for hydroxylation is 1. The van der Waals surface area contributed by atoms with E-state index in [1.807, 2.05) is 0 Å². The minimum Gasteiger partial charge on any atom is -0.483 e. The number of anilines is 2. The van der Waals surface area contributed by atoms with Crippen LogP contribution in [-0.2, 0) is 28.7 Å². The Labute approximate surface area is 223 Å². The highest BCUT2D eigenvalue weighted by molar-refractivity contribution is 7.94. The lowest BCUT2D eigenvalue weighted by molar-refractivity contribution is -0.0138. The van der Waals surface area contributed by atoms with Gasteiger partial charge >= 0.3 is 0 Å². The highest BCUT2D eigenvalue weighted by Gasteiger charge is 2.49. The van der Waals surface area contributed by atoms with Gasteiger partial charge in [0.15, 0.2) is 11.9 Å². The highest BCUT2D eigenvalue weighted by atomic mass is 32.2. The van der Waals surface area contributed by atoms with Crippen LogP contribution < -0.4 is 10.1 Å². The van der Waals surface area contributed by atoms with Gasteiger partial charge in [-0.05, 0) is 24.6 Å². The zero-order valence-corrected chi connectivity index (χ0v) is 22.2. The summed E-state index contributed by atoms with van der Waals surface area (Å²) in [6, 6.07) is 4.12. The number of hydrogen-bond donors (Lipinski definition) is 1. The van der Waals surface area contributed by atoms with Crippen LogP contribution in [0, 0.1) is 12.7 Å². The first-order valence-corrected chi connectivity index (χ1v) is 14.4. The van der Waals surface area contributed by atoms with Gasteiger partial charge in [0.05, 0.1) is 58.9 Å². The third-order valence-corrected chi connectivity index (χ3v) is 9.25. The van der Waals surface area contributed by atoms with Crippen LogP contribution in [0.3, 0.4) is 0 Å². The predicted molar refractivity (Wildman–Crippen MR) is 138 cm³/mol. The van der Waals surface area contributed by atoms with Gasteiger partial charge in [0.1, 0.15) is 41.7 Å². The van der Waals surface area contributed by atoms with E-state index in [0.29, 0.717) is 42.4 Å². The van der Waals surface area contributed by atoms with E-state index in [4.69, 9.17) is 23.7 Å². The van der Waals surface area contributed by atoms with E-state index in [1.54, 1.807) is 20.1 Å². The van der Waals surface area contributed by atoms with Crippen molar-refractivity contribution in [2.24, 2.45) is 4.36 Å². The molecule has 3 saturated heterocycles. The fourth-order valence-electron chi connectivity index (χ4n) is 5.06. The third kappa shape index (κ3) is 4.98. The van der Waals surface area contributed by atoms with E-state index >= 15 is 0 Å².